The summed E-state index contributed by atoms with van der Waals surface area (Å²) in [4.78, 5) is 21.1. The van der Waals surface area contributed by atoms with Crippen LogP contribution in [-0.2, 0) is 6.42 Å². The van der Waals surface area contributed by atoms with Crippen LogP contribution in [0.5, 0.6) is 0 Å². The van der Waals surface area contributed by atoms with Gasteiger partial charge in [-0.2, -0.15) is 0 Å². The molecule has 130 valence electrons. The van der Waals surface area contributed by atoms with E-state index in [9.17, 15) is 4.79 Å². The SMILES string of the molecule is Cc1nc(N[C@@H]2CCCC[C@H]2c2ccccc2)c2c(n1)C(=O)NCC2. The van der Waals surface area contributed by atoms with Gasteiger partial charge in [-0.25, -0.2) is 9.97 Å². The maximum absolute atomic E-state index is 12.1. The number of fused-ring (bicyclic) bond motifs is 1. The van der Waals surface area contributed by atoms with E-state index in [0.29, 0.717) is 30.0 Å². The predicted octanol–water partition coefficient (Wildman–Crippen LogP) is 3.21. The van der Waals surface area contributed by atoms with Gasteiger partial charge in [-0.1, -0.05) is 43.2 Å². The van der Waals surface area contributed by atoms with E-state index < -0.39 is 0 Å². The highest BCUT2D eigenvalue weighted by Gasteiger charge is 2.29. The summed E-state index contributed by atoms with van der Waals surface area (Å²) in [6.07, 6.45) is 5.60. The molecule has 25 heavy (non-hydrogen) atoms. The molecule has 1 aliphatic carbocycles. The van der Waals surface area contributed by atoms with Crippen LogP contribution in [0, 0.1) is 6.92 Å². The van der Waals surface area contributed by atoms with E-state index in [1.807, 2.05) is 6.92 Å². The molecule has 0 bridgehead atoms. The van der Waals surface area contributed by atoms with Crippen molar-refractivity contribution >= 4 is 11.7 Å². The zero-order valence-corrected chi connectivity index (χ0v) is 14.6. The summed E-state index contributed by atoms with van der Waals surface area (Å²) in [5, 5.41) is 6.56. The minimum atomic E-state index is -0.0851. The number of carbonyl (C=O) groups excluding carboxylic acids is 1. The topological polar surface area (TPSA) is 66.9 Å². The lowest BCUT2D eigenvalue weighted by atomic mass is 9.80. The minimum absolute atomic E-state index is 0.0851. The number of rotatable bonds is 3. The lowest BCUT2D eigenvalue weighted by Gasteiger charge is -2.34. The average molecular weight is 336 g/mol. The third-order valence-electron chi connectivity index (χ3n) is 5.31. The van der Waals surface area contributed by atoms with Crippen molar-refractivity contribution in [3.05, 3.63) is 53.0 Å². The Morgan fingerprint density at radius 3 is 2.76 bits per heavy atom. The number of anilines is 1. The van der Waals surface area contributed by atoms with Gasteiger partial charge < -0.3 is 10.6 Å². The molecule has 2 aliphatic rings. The van der Waals surface area contributed by atoms with Crippen LogP contribution in [0.1, 0.15) is 59.0 Å². The van der Waals surface area contributed by atoms with E-state index in [-0.39, 0.29) is 5.91 Å². The molecule has 0 spiro atoms. The molecule has 2 atom stereocenters. The molecule has 2 heterocycles. The fourth-order valence-corrected chi connectivity index (χ4v) is 4.10. The molecule has 5 heteroatoms. The number of aromatic nitrogens is 2. The first-order valence-corrected chi connectivity index (χ1v) is 9.19. The second kappa shape index (κ2) is 6.82. The Balaban J connectivity index is 1.65. The summed E-state index contributed by atoms with van der Waals surface area (Å²) >= 11 is 0. The Hall–Kier alpha value is -2.43. The van der Waals surface area contributed by atoms with Crippen LogP contribution in [-0.4, -0.2) is 28.5 Å². The molecule has 0 unspecified atom stereocenters. The standard InChI is InChI=1S/C20H24N4O/c1-13-22-18-16(11-12-21-20(18)25)19(23-13)24-17-10-6-5-9-15(17)14-7-3-2-4-8-14/h2-4,7-8,15,17H,5-6,9-12H2,1H3,(H,21,25)(H,22,23,24)/t15-,17+/m0/s1. The summed E-state index contributed by atoms with van der Waals surface area (Å²) in [7, 11) is 0. The van der Waals surface area contributed by atoms with E-state index in [0.717, 1.165) is 24.2 Å². The monoisotopic (exact) mass is 336 g/mol. The van der Waals surface area contributed by atoms with Gasteiger partial charge in [-0.05, 0) is 31.7 Å². The van der Waals surface area contributed by atoms with Gasteiger partial charge in [0.25, 0.3) is 5.91 Å². The predicted molar refractivity (Wildman–Crippen MR) is 97.9 cm³/mol. The van der Waals surface area contributed by atoms with Crippen molar-refractivity contribution in [3.8, 4) is 0 Å². The van der Waals surface area contributed by atoms with E-state index in [4.69, 9.17) is 0 Å². The van der Waals surface area contributed by atoms with Crippen molar-refractivity contribution in [1.29, 1.82) is 0 Å². The summed E-state index contributed by atoms with van der Waals surface area (Å²) in [6.45, 7) is 2.50. The van der Waals surface area contributed by atoms with Crippen molar-refractivity contribution < 1.29 is 4.79 Å². The van der Waals surface area contributed by atoms with E-state index in [2.05, 4.69) is 50.9 Å². The number of nitrogens with zero attached hydrogens (tertiary/aromatic N) is 2. The van der Waals surface area contributed by atoms with E-state index in [1.165, 1.54) is 24.8 Å². The van der Waals surface area contributed by atoms with Crippen LogP contribution in [0.15, 0.2) is 30.3 Å². The molecule has 5 nitrogen and oxygen atoms in total. The molecule has 2 aromatic rings. The van der Waals surface area contributed by atoms with Gasteiger partial charge in [-0.3, -0.25) is 4.79 Å². The third-order valence-corrected chi connectivity index (χ3v) is 5.31. The van der Waals surface area contributed by atoms with Gasteiger partial charge in [0.1, 0.15) is 17.3 Å². The summed E-state index contributed by atoms with van der Waals surface area (Å²) in [5.74, 6) is 1.90. The molecule has 2 N–H and O–H groups in total. The van der Waals surface area contributed by atoms with Gasteiger partial charge in [0.15, 0.2) is 0 Å². The first-order valence-electron chi connectivity index (χ1n) is 9.19. The van der Waals surface area contributed by atoms with Crippen LogP contribution in [0.4, 0.5) is 5.82 Å². The van der Waals surface area contributed by atoms with Crippen molar-refractivity contribution in [2.75, 3.05) is 11.9 Å². The van der Waals surface area contributed by atoms with Gasteiger partial charge in [-0.15, -0.1) is 0 Å². The second-order valence-corrected chi connectivity index (χ2v) is 7.00. The van der Waals surface area contributed by atoms with Crippen molar-refractivity contribution in [2.45, 2.75) is 51.0 Å². The normalized spacial score (nSPS) is 22.8. The Morgan fingerprint density at radius 1 is 1.12 bits per heavy atom. The molecular formula is C20H24N4O. The Morgan fingerprint density at radius 2 is 1.92 bits per heavy atom. The Bertz CT molecular complexity index is 775. The average Bonchev–Trinajstić information content (AvgIpc) is 2.64. The molecule has 1 aromatic heterocycles. The number of amides is 1. The maximum Gasteiger partial charge on any atom is 0.270 e. The summed E-state index contributed by atoms with van der Waals surface area (Å²) in [6, 6.07) is 11.1. The fraction of sp³-hybridized carbons (Fsp3) is 0.450. The van der Waals surface area contributed by atoms with Gasteiger partial charge in [0.2, 0.25) is 0 Å². The zero-order chi connectivity index (χ0) is 17.2. The largest absolute Gasteiger partial charge is 0.366 e. The van der Waals surface area contributed by atoms with Crippen molar-refractivity contribution in [1.82, 2.24) is 15.3 Å². The number of hydrogen-bond donors (Lipinski definition) is 2. The molecule has 0 radical (unpaired) electrons. The Labute approximate surface area is 148 Å². The van der Waals surface area contributed by atoms with Crippen LogP contribution in [0.25, 0.3) is 0 Å². The number of aryl methyl sites for hydroxylation is 1. The van der Waals surface area contributed by atoms with Crippen molar-refractivity contribution in [2.24, 2.45) is 0 Å². The van der Waals surface area contributed by atoms with Gasteiger partial charge in [0, 0.05) is 24.1 Å². The van der Waals surface area contributed by atoms with Crippen LogP contribution in [0.2, 0.25) is 0 Å². The van der Waals surface area contributed by atoms with Crippen LogP contribution >= 0.6 is 0 Å². The summed E-state index contributed by atoms with van der Waals surface area (Å²) < 4.78 is 0. The van der Waals surface area contributed by atoms with Crippen molar-refractivity contribution in [3.63, 3.8) is 0 Å². The zero-order valence-electron chi connectivity index (χ0n) is 14.6. The molecule has 1 amide bonds. The Kier molecular flexibility index (Phi) is 4.38. The van der Waals surface area contributed by atoms with E-state index >= 15 is 0 Å². The highest BCUT2D eigenvalue weighted by Crippen LogP contribution is 2.35. The van der Waals surface area contributed by atoms with Crippen LogP contribution in [0.3, 0.4) is 0 Å². The third kappa shape index (κ3) is 3.23. The molecule has 1 aliphatic heterocycles. The number of carbonyl (C=O) groups is 1. The minimum Gasteiger partial charge on any atom is -0.366 e. The summed E-state index contributed by atoms with van der Waals surface area (Å²) in [5.41, 5.74) is 2.89. The lowest BCUT2D eigenvalue weighted by Crippen LogP contribution is -2.36. The first kappa shape index (κ1) is 16.1. The number of nitrogens with one attached hydrogen (secondary N) is 2. The molecule has 1 aromatic carbocycles. The quantitative estimate of drug-likeness (QED) is 0.903. The lowest BCUT2D eigenvalue weighted by molar-refractivity contribution is 0.0940. The number of benzene rings is 1. The van der Waals surface area contributed by atoms with Gasteiger partial charge in [0.05, 0.1) is 0 Å². The van der Waals surface area contributed by atoms with Gasteiger partial charge >= 0.3 is 0 Å². The first-order chi connectivity index (χ1) is 12.2. The highest BCUT2D eigenvalue weighted by atomic mass is 16.1. The molecule has 0 saturated heterocycles. The molecule has 4 rings (SSSR count). The molecular weight excluding hydrogens is 312 g/mol. The van der Waals surface area contributed by atoms with Crippen LogP contribution < -0.4 is 10.6 Å². The molecule has 1 saturated carbocycles. The smallest absolute Gasteiger partial charge is 0.270 e. The maximum atomic E-state index is 12.1. The van der Waals surface area contributed by atoms with E-state index in [1.54, 1.807) is 0 Å². The second-order valence-electron chi connectivity index (χ2n) is 7.00. The highest BCUT2D eigenvalue weighted by molar-refractivity contribution is 5.96. The number of hydrogen-bond acceptors (Lipinski definition) is 4. The molecule has 1 fully saturated rings. The fourth-order valence-electron chi connectivity index (χ4n) is 4.10.